The van der Waals surface area contributed by atoms with Gasteiger partial charge in [-0.25, -0.2) is 0 Å². The van der Waals surface area contributed by atoms with Gasteiger partial charge in [0.25, 0.3) is 0 Å². The molecule has 2 aliphatic rings. The minimum Gasteiger partial charge on any atom is -0.548 e. The number of carboxylic acid groups (broad SMARTS) is 1. The van der Waals surface area contributed by atoms with Gasteiger partial charge in [0.2, 0.25) is 0 Å². The van der Waals surface area contributed by atoms with E-state index >= 15 is 0 Å². The Labute approximate surface area is 79.3 Å². The maximum atomic E-state index is 10.4. The molecule has 0 N–H and O–H groups in total. The molecule has 1 aliphatic heterocycles. The maximum Gasteiger partial charge on any atom is 1.00 e. The molecule has 0 bridgehead atoms. The molecule has 1 saturated heterocycles. The summed E-state index contributed by atoms with van der Waals surface area (Å²) in [7, 11) is 1.67. The van der Waals surface area contributed by atoms with Crippen molar-refractivity contribution in [1.82, 2.24) is 4.90 Å². The largest absolute Gasteiger partial charge is 1.00 e. The van der Waals surface area contributed by atoms with Crippen LogP contribution in [0.3, 0.4) is 0 Å². The molecule has 0 radical (unpaired) electrons. The fourth-order valence-electron chi connectivity index (χ4n) is 1.48. The Morgan fingerprint density at radius 1 is 1.73 bits per heavy atom. The Bertz CT molecular complexity index is 221. The average molecular weight is 148 g/mol. The zero-order valence-corrected chi connectivity index (χ0v) is 6.83. The molecule has 1 aliphatic carbocycles. The second-order valence-corrected chi connectivity index (χ2v) is 3.03. The second-order valence-electron chi connectivity index (χ2n) is 3.03. The predicted octanol–water partition coefficient (Wildman–Crippen LogP) is -4.17. The minimum atomic E-state index is -1.10. The van der Waals surface area contributed by atoms with Crippen LogP contribution >= 0.6 is 0 Å². The van der Waals surface area contributed by atoms with E-state index in [9.17, 15) is 9.90 Å². The van der Waals surface area contributed by atoms with Gasteiger partial charge >= 0.3 is 18.9 Å². The van der Waals surface area contributed by atoms with Crippen LogP contribution in [0.2, 0.25) is 0 Å². The molecule has 0 aromatic rings. The molecule has 0 aromatic carbocycles. The topological polar surface area (TPSA) is 43.1 Å². The summed E-state index contributed by atoms with van der Waals surface area (Å²) in [4.78, 5) is 12.0. The zero-order chi connectivity index (χ0) is 8.22. The zero-order valence-electron chi connectivity index (χ0n) is 7.83. The molecule has 2 rings (SSSR count). The van der Waals surface area contributed by atoms with Crippen molar-refractivity contribution in [3.05, 3.63) is 0 Å². The summed E-state index contributed by atoms with van der Waals surface area (Å²) in [6.45, 7) is 0. The summed E-state index contributed by atoms with van der Waals surface area (Å²) < 4.78 is 7.76. The number of hydrogen-bond donors (Lipinski definition) is 0. The third-order valence-corrected chi connectivity index (χ3v) is 2.23. The molecule has 0 spiro atoms. The van der Waals surface area contributed by atoms with Crippen molar-refractivity contribution in [1.29, 1.82) is 0 Å². The number of likely N-dealkylation sites (N-methyl/N-ethyl adjacent to an activating group) is 1. The summed E-state index contributed by atoms with van der Waals surface area (Å²) in [6.07, 6.45) is 2.00. The van der Waals surface area contributed by atoms with Crippen molar-refractivity contribution in [2.24, 2.45) is 5.92 Å². The molecular formula is C7H10LiNO2. The molecule has 1 heterocycles. The number of rotatable bonds is 2. The van der Waals surface area contributed by atoms with Crippen LogP contribution in [0, 0.1) is 5.92 Å². The monoisotopic (exact) mass is 148 g/mol. The van der Waals surface area contributed by atoms with E-state index in [-0.39, 0.29) is 24.8 Å². The smallest absolute Gasteiger partial charge is 0.548 e. The second kappa shape index (κ2) is 2.82. The van der Waals surface area contributed by atoms with E-state index in [0.717, 1.165) is 12.8 Å². The van der Waals surface area contributed by atoms with Gasteiger partial charge in [0, 0.05) is 7.39 Å². The number of carbonyl (C=O) groups excluding carboxylic acids is 1. The van der Waals surface area contributed by atoms with Gasteiger partial charge in [-0.2, -0.15) is 0 Å². The number of carboxylic acids is 1. The van der Waals surface area contributed by atoms with Gasteiger partial charge in [-0.3, -0.25) is 4.90 Å². The van der Waals surface area contributed by atoms with Crippen molar-refractivity contribution in [2.75, 3.05) is 7.05 Å². The van der Waals surface area contributed by atoms with Crippen LogP contribution in [0.1, 0.15) is 14.2 Å². The van der Waals surface area contributed by atoms with E-state index in [1.807, 2.05) is 0 Å². The van der Waals surface area contributed by atoms with Gasteiger partial charge < -0.3 is 9.90 Å². The van der Waals surface area contributed by atoms with Crippen LogP contribution in [0.5, 0.6) is 0 Å². The van der Waals surface area contributed by atoms with E-state index in [1.54, 1.807) is 11.9 Å². The normalized spacial score (nSPS) is 49.0. The van der Waals surface area contributed by atoms with Crippen molar-refractivity contribution in [3.63, 3.8) is 0 Å². The molecule has 56 valence electrons. The number of carbonyl (C=O) groups is 1. The molecule has 2 fully saturated rings. The molecule has 0 aromatic heterocycles. The van der Waals surface area contributed by atoms with Crippen LogP contribution in [0.15, 0.2) is 0 Å². The Hall–Kier alpha value is 0.0274. The van der Waals surface area contributed by atoms with E-state index in [0.29, 0.717) is 0 Å². The minimum absolute atomic E-state index is 0. The summed E-state index contributed by atoms with van der Waals surface area (Å²) in [5.41, 5.74) is 0. The summed E-state index contributed by atoms with van der Waals surface area (Å²) in [5.74, 6) is -0.829. The summed E-state index contributed by atoms with van der Waals surface area (Å²) in [6, 6.07) is -1.48. The third-order valence-electron chi connectivity index (χ3n) is 2.23. The van der Waals surface area contributed by atoms with Gasteiger partial charge in [-0.1, -0.05) is 0 Å². The molecule has 11 heavy (non-hydrogen) atoms. The van der Waals surface area contributed by atoms with Crippen LogP contribution < -0.4 is 24.0 Å². The van der Waals surface area contributed by atoms with Gasteiger partial charge in [-0.05, 0) is 25.8 Å². The van der Waals surface area contributed by atoms with Crippen LogP contribution in [-0.2, 0) is 4.79 Å². The SMILES string of the molecule is [2H][C@@]1(C2CC2)[C@H](C(=O)[O-])N1C.[Li+]. The fraction of sp³-hybridized carbons (Fsp3) is 0.857. The van der Waals surface area contributed by atoms with E-state index in [2.05, 4.69) is 0 Å². The quantitative estimate of drug-likeness (QED) is 0.295. The Balaban J connectivity index is 0.000000720. The molecule has 1 unspecified atom stereocenters. The van der Waals surface area contributed by atoms with Gasteiger partial charge in [0.1, 0.15) is 0 Å². The van der Waals surface area contributed by atoms with E-state index in [4.69, 9.17) is 1.37 Å². The standard InChI is InChI=1S/C7H11NO2.Li/c1-8-5(4-2-3-4)6(8)7(9)10;/h4-6H,2-3H2,1H3,(H,9,10);/q;+1/p-1/t5-,6-,8?;/m1./s1/i5D;. The molecule has 1 saturated carbocycles. The van der Waals surface area contributed by atoms with Gasteiger partial charge in [-0.15, -0.1) is 0 Å². The van der Waals surface area contributed by atoms with Crippen LogP contribution in [-0.4, -0.2) is 30.0 Å². The van der Waals surface area contributed by atoms with Crippen molar-refractivity contribution in [2.45, 2.75) is 24.9 Å². The van der Waals surface area contributed by atoms with Gasteiger partial charge in [0.15, 0.2) is 0 Å². The first-order valence-corrected chi connectivity index (χ1v) is 3.52. The van der Waals surface area contributed by atoms with Crippen molar-refractivity contribution < 1.29 is 30.1 Å². The maximum absolute atomic E-state index is 10.4. The van der Waals surface area contributed by atoms with Crippen molar-refractivity contribution >= 4 is 5.97 Å². The summed E-state index contributed by atoms with van der Waals surface area (Å²) in [5, 5.41) is 10.4. The van der Waals surface area contributed by atoms with E-state index < -0.39 is 18.0 Å². The first-order chi connectivity index (χ1) is 5.08. The van der Waals surface area contributed by atoms with E-state index in [1.165, 1.54) is 0 Å². The molecule has 3 atom stereocenters. The molecule has 3 nitrogen and oxygen atoms in total. The molecular weight excluding hydrogens is 137 g/mol. The Kier molecular flexibility index (Phi) is 1.96. The number of hydrogen-bond acceptors (Lipinski definition) is 3. The Morgan fingerprint density at radius 3 is 2.55 bits per heavy atom. The predicted molar refractivity (Wildman–Crippen MR) is 33.1 cm³/mol. The van der Waals surface area contributed by atoms with Gasteiger partial charge in [0.05, 0.1) is 12.0 Å². The van der Waals surface area contributed by atoms with Crippen molar-refractivity contribution in [3.8, 4) is 0 Å². The van der Waals surface area contributed by atoms with Crippen LogP contribution in [0.4, 0.5) is 0 Å². The first kappa shape index (κ1) is 7.66. The summed E-state index contributed by atoms with van der Waals surface area (Å²) >= 11 is 0. The van der Waals surface area contributed by atoms with Crippen LogP contribution in [0.25, 0.3) is 0 Å². The first-order valence-electron chi connectivity index (χ1n) is 4.02. The number of aliphatic carboxylic acids is 1. The molecule has 4 heteroatoms. The molecule has 0 amide bonds. The fourth-order valence-corrected chi connectivity index (χ4v) is 1.48. The third kappa shape index (κ3) is 1.46. The average Bonchev–Trinajstić information content (AvgIpc) is 2.70. The Morgan fingerprint density at radius 2 is 2.27 bits per heavy atom. The number of nitrogens with zero attached hydrogens (tertiary/aromatic N) is 1.